The van der Waals surface area contributed by atoms with E-state index in [4.69, 9.17) is 9.47 Å². The third kappa shape index (κ3) is 5.23. The number of nitro groups is 1. The number of esters is 1. The lowest BCUT2D eigenvalue weighted by Crippen LogP contribution is -2.49. The minimum atomic E-state index is -0.749. The van der Waals surface area contributed by atoms with Crippen LogP contribution in [0.3, 0.4) is 0 Å². The van der Waals surface area contributed by atoms with Gasteiger partial charge in [-0.1, -0.05) is 0 Å². The number of ether oxygens (including phenoxy) is 2. The molecule has 1 amide bonds. The Labute approximate surface area is 169 Å². The van der Waals surface area contributed by atoms with Crippen molar-refractivity contribution >= 4 is 23.3 Å². The first-order chi connectivity index (χ1) is 13.8. The zero-order chi connectivity index (χ0) is 21.0. The minimum absolute atomic E-state index is 0.0639. The van der Waals surface area contributed by atoms with Crippen LogP contribution in [0.25, 0.3) is 0 Å². The van der Waals surface area contributed by atoms with Crippen molar-refractivity contribution in [1.29, 1.82) is 0 Å². The maximum Gasteiger partial charge on any atom is 0.338 e. The minimum Gasteiger partial charge on any atom is -0.452 e. The monoisotopic (exact) mass is 405 g/mol. The number of piperidine rings is 1. The molecule has 3 rings (SSSR count). The summed E-state index contributed by atoms with van der Waals surface area (Å²) in [6.07, 6.45) is 2.93. The second-order valence-corrected chi connectivity index (χ2v) is 7.64. The highest BCUT2D eigenvalue weighted by Crippen LogP contribution is 2.31. The molecule has 2 aliphatic rings. The first-order valence-electron chi connectivity index (χ1n) is 9.99. The standard InChI is InChI=1S/C20H27N3O6/c1-14-11-22(12-15(2)29-14)19(24)13-28-20(25)16-6-7-17(18(10-16)23(26)27)21-8-4-3-5-9-21/h6-7,10,14-15H,3-5,8-9,11-13H2,1-2H3/t14-,15-/m1/s1. The predicted molar refractivity (Wildman–Crippen MR) is 106 cm³/mol. The number of carbonyl (C=O) groups is 2. The number of hydrogen-bond acceptors (Lipinski definition) is 7. The molecular formula is C20H27N3O6. The number of nitro benzene ring substituents is 1. The maximum atomic E-state index is 12.4. The van der Waals surface area contributed by atoms with Gasteiger partial charge in [-0.3, -0.25) is 14.9 Å². The highest BCUT2D eigenvalue weighted by molar-refractivity contribution is 5.93. The van der Waals surface area contributed by atoms with Gasteiger partial charge in [0.2, 0.25) is 0 Å². The molecule has 1 aromatic rings. The van der Waals surface area contributed by atoms with E-state index in [1.165, 1.54) is 12.1 Å². The molecule has 0 saturated carbocycles. The Balaban J connectivity index is 1.65. The molecule has 2 saturated heterocycles. The van der Waals surface area contributed by atoms with Crippen LogP contribution in [0.1, 0.15) is 43.5 Å². The zero-order valence-corrected chi connectivity index (χ0v) is 16.8. The van der Waals surface area contributed by atoms with Crippen LogP contribution in [0, 0.1) is 10.1 Å². The van der Waals surface area contributed by atoms with Crippen LogP contribution < -0.4 is 4.90 Å². The van der Waals surface area contributed by atoms with Gasteiger partial charge in [0.25, 0.3) is 11.6 Å². The fourth-order valence-electron chi connectivity index (χ4n) is 3.88. The molecule has 2 fully saturated rings. The van der Waals surface area contributed by atoms with Gasteiger partial charge in [-0.15, -0.1) is 0 Å². The number of carbonyl (C=O) groups excluding carboxylic acids is 2. The third-order valence-corrected chi connectivity index (χ3v) is 5.20. The van der Waals surface area contributed by atoms with Crippen LogP contribution in [0.5, 0.6) is 0 Å². The van der Waals surface area contributed by atoms with Crippen molar-refractivity contribution in [1.82, 2.24) is 4.90 Å². The molecule has 2 heterocycles. The summed E-state index contributed by atoms with van der Waals surface area (Å²) in [5, 5.41) is 11.5. The van der Waals surface area contributed by atoms with Gasteiger partial charge in [-0.05, 0) is 45.2 Å². The van der Waals surface area contributed by atoms with E-state index in [2.05, 4.69) is 0 Å². The smallest absolute Gasteiger partial charge is 0.338 e. The van der Waals surface area contributed by atoms with Crippen LogP contribution in [-0.4, -0.2) is 66.7 Å². The van der Waals surface area contributed by atoms with E-state index in [9.17, 15) is 19.7 Å². The number of morpholine rings is 1. The lowest BCUT2D eigenvalue weighted by atomic mass is 10.1. The topological polar surface area (TPSA) is 102 Å². The van der Waals surface area contributed by atoms with E-state index in [1.54, 1.807) is 11.0 Å². The van der Waals surface area contributed by atoms with Gasteiger partial charge in [-0.25, -0.2) is 4.79 Å². The predicted octanol–water partition coefficient (Wildman–Crippen LogP) is 2.38. The SMILES string of the molecule is C[C@@H]1CN(C(=O)COC(=O)c2ccc(N3CCCCC3)c([N+](=O)[O-])c2)C[C@@H](C)O1. The molecule has 0 bridgehead atoms. The lowest BCUT2D eigenvalue weighted by molar-refractivity contribution is -0.384. The van der Waals surface area contributed by atoms with Crippen molar-refractivity contribution in [3.8, 4) is 0 Å². The van der Waals surface area contributed by atoms with Gasteiger partial charge in [-0.2, -0.15) is 0 Å². The molecule has 1 aromatic carbocycles. The van der Waals surface area contributed by atoms with E-state index < -0.39 is 17.5 Å². The Morgan fingerprint density at radius 2 is 1.83 bits per heavy atom. The van der Waals surface area contributed by atoms with E-state index in [0.29, 0.717) is 18.8 Å². The molecule has 29 heavy (non-hydrogen) atoms. The number of anilines is 1. The average Bonchev–Trinajstić information content (AvgIpc) is 2.71. The molecule has 9 heteroatoms. The Morgan fingerprint density at radius 3 is 2.45 bits per heavy atom. The van der Waals surface area contributed by atoms with Crippen molar-refractivity contribution in [2.75, 3.05) is 37.7 Å². The van der Waals surface area contributed by atoms with E-state index in [1.807, 2.05) is 18.7 Å². The van der Waals surface area contributed by atoms with Crippen LogP contribution in [0.15, 0.2) is 18.2 Å². The van der Waals surface area contributed by atoms with Crippen LogP contribution in [-0.2, 0) is 14.3 Å². The highest BCUT2D eigenvalue weighted by atomic mass is 16.6. The van der Waals surface area contributed by atoms with Gasteiger partial charge < -0.3 is 19.3 Å². The van der Waals surface area contributed by atoms with Gasteiger partial charge in [0.15, 0.2) is 6.61 Å². The molecule has 0 spiro atoms. The number of hydrogen-bond donors (Lipinski definition) is 0. The highest BCUT2D eigenvalue weighted by Gasteiger charge is 2.27. The number of amides is 1. The van der Waals surface area contributed by atoms with E-state index in [-0.39, 0.29) is 29.4 Å². The fraction of sp³-hybridized carbons (Fsp3) is 0.600. The average molecular weight is 405 g/mol. The molecule has 0 radical (unpaired) electrons. The molecule has 2 aliphatic heterocycles. The maximum absolute atomic E-state index is 12.4. The molecule has 0 unspecified atom stereocenters. The van der Waals surface area contributed by atoms with Gasteiger partial charge in [0, 0.05) is 32.2 Å². The quantitative estimate of drug-likeness (QED) is 0.421. The molecule has 0 N–H and O–H groups in total. The van der Waals surface area contributed by atoms with Crippen LogP contribution in [0.2, 0.25) is 0 Å². The van der Waals surface area contributed by atoms with E-state index in [0.717, 1.165) is 32.4 Å². The first-order valence-corrected chi connectivity index (χ1v) is 9.99. The molecule has 158 valence electrons. The second-order valence-electron chi connectivity index (χ2n) is 7.64. The molecule has 9 nitrogen and oxygen atoms in total. The van der Waals surface area contributed by atoms with Crippen molar-refractivity contribution in [3.63, 3.8) is 0 Å². The van der Waals surface area contributed by atoms with Crippen LogP contribution >= 0.6 is 0 Å². The van der Waals surface area contributed by atoms with Crippen molar-refractivity contribution in [2.24, 2.45) is 0 Å². The molecular weight excluding hydrogens is 378 g/mol. The number of benzene rings is 1. The van der Waals surface area contributed by atoms with Crippen molar-refractivity contribution in [3.05, 3.63) is 33.9 Å². The van der Waals surface area contributed by atoms with Gasteiger partial charge in [0.1, 0.15) is 5.69 Å². The summed E-state index contributed by atoms with van der Waals surface area (Å²) in [6, 6.07) is 4.34. The largest absolute Gasteiger partial charge is 0.452 e. The normalized spacial score (nSPS) is 22.3. The van der Waals surface area contributed by atoms with E-state index >= 15 is 0 Å². The van der Waals surface area contributed by atoms with Crippen molar-refractivity contribution < 1.29 is 24.0 Å². The number of rotatable bonds is 5. The summed E-state index contributed by atoms with van der Waals surface area (Å²) >= 11 is 0. The number of nitrogens with zero attached hydrogens (tertiary/aromatic N) is 3. The molecule has 2 atom stereocenters. The zero-order valence-electron chi connectivity index (χ0n) is 16.8. The van der Waals surface area contributed by atoms with Crippen molar-refractivity contribution in [2.45, 2.75) is 45.3 Å². The summed E-state index contributed by atoms with van der Waals surface area (Å²) in [5.41, 5.74) is 0.455. The Bertz CT molecular complexity index is 767. The summed E-state index contributed by atoms with van der Waals surface area (Å²) in [4.78, 5) is 39.3. The second kappa shape index (κ2) is 9.21. The Morgan fingerprint density at radius 1 is 1.17 bits per heavy atom. The molecule has 0 aromatic heterocycles. The summed E-state index contributed by atoms with van der Waals surface area (Å²) < 4.78 is 10.7. The van der Waals surface area contributed by atoms with Crippen LogP contribution in [0.4, 0.5) is 11.4 Å². The Hall–Kier alpha value is -2.68. The van der Waals surface area contributed by atoms with Gasteiger partial charge >= 0.3 is 5.97 Å². The summed E-state index contributed by atoms with van der Waals surface area (Å²) in [5.74, 6) is -1.05. The fourth-order valence-corrected chi connectivity index (χ4v) is 3.88. The third-order valence-electron chi connectivity index (χ3n) is 5.20. The summed E-state index contributed by atoms with van der Waals surface area (Å²) in [7, 11) is 0. The lowest BCUT2D eigenvalue weighted by Gasteiger charge is -2.35. The van der Waals surface area contributed by atoms with Gasteiger partial charge in [0.05, 0.1) is 22.7 Å². The first kappa shape index (κ1) is 21.0. The summed E-state index contributed by atoms with van der Waals surface area (Å²) in [6.45, 7) is 5.76. The Kier molecular flexibility index (Phi) is 6.68. The molecule has 0 aliphatic carbocycles.